The van der Waals surface area contributed by atoms with Gasteiger partial charge in [0.15, 0.2) is 5.78 Å². The Kier molecular flexibility index (Phi) is 5.05. The molecule has 1 atom stereocenters. The van der Waals surface area contributed by atoms with Crippen molar-refractivity contribution in [2.75, 3.05) is 6.54 Å². The lowest BCUT2D eigenvalue weighted by atomic mass is 10.0. The molecule has 0 radical (unpaired) electrons. The van der Waals surface area contributed by atoms with Crippen LogP contribution in [0.1, 0.15) is 36.2 Å². The van der Waals surface area contributed by atoms with Gasteiger partial charge in [-0.3, -0.25) is 4.79 Å². The van der Waals surface area contributed by atoms with Crippen LogP contribution in [-0.2, 0) is 6.18 Å². The number of benzene rings is 1. The summed E-state index contributed by atoms with van der Waals surface area (Å²) in [7, 11) is 0. The highest BCUT2D eigenvalue weighted by Crippen LogP contribution is 2.31. The molecule has 0 aliphatic carbocycles. The van der Waals surface area contributed by atoms with Crippen LogP contribution in [0.5, 0.6) is 0 Å². The fourth-order valence-corrected chi connectivity index (χ4v) is 1.74. The Morgan fingerprint density at radius 2 is 2.00 bits per heavy atom. The van der Waals surface area contributed by atoms with Crippen molar-refractivity contribution in [3.8, 4) is 0 Å². The van der Waals surface area contributed by atoms with Gasteiger partial charge in [0.2, 0.25) is 0 Å². The molecule has 0 fully saturated rings. The van der Waals surface area contributed by atoms with Crippen molar-refractivity contribution < 1.29 is 22.4 Å². The lowest BCUT2D eigenvalue weighted by Gasteiger charge is -2.12. The second-order valence-corrected chi connectivity index (χ2v) is 4.28. The van der Waals surface area contributed by atoms with Crippen LogP contribution in [0.4, 0.5) is 17.6 Å². The molecule has 0 heterocycles. The smallest absolute Gasteiger partial charge is 0.314 e. The normalized spacial score (nSPS) is 13.4. The van der Waals surface area contributed by atoms with E-state index in [4.69, 9.17) is 0 Å². The monoisotopic (exact) mass is 277 g/mol. The van der Waals surface area contributed by atoms with Gasteiger partial charge in [-0.2, -0.15) is 13.2 Å². The molecule has 2 nitrogen and oxygen atoms in total. The third-order valence-corrected chi connectivity index (χ3v) is 2.64. The van der Waals surface area contributed by atoms with E-state index in [1.54, 1.807) is 6.92 Å². The van der Waals surface area contributed by atoms with Crippen molar-refractivity contribution in [2.45, 2.75) is 32.5 Å². The van der Waals surface area contributed by atoms with Crippen molar-refractivity contribution >= 4 is 5.78 Å². The zero-order valence-electron chi connectivity index (χ0n) is 10.6. The molecule has 1 rings (SSSR count). The minimum Gasteiger partial charge on any atom is -0.314 e. The molecule has 0 saturated heterocycles. The third-order valence-electron chi connectivity index (χ3n) is 2.64. The largest absolute Gasteiger partial charge is 0.419 e. The second kappa shape index (κ2) is 6.14. The van der Waals surface area contributed by atoms with Crippen LogP contribution < -0.4 is 5.32 Å². The number of halogens is 4. The number of carbonyl (C=O) groups is 1. The summed E-state index contributed by atoms with van der Waals surface area (Å²) >= 11 is 0. The molecule has 1 unspecified atom stereocenters. The van der Waals surface area contributed by atoms with Gasteiger partial charge >= 0.3 is 6.18 Å². The summed E-state index contributed by atoms with van der Waals surface area (Å²) in [6.07, 6.45) is -4.64. The van der Waals surface area contributed by atoms with E-state index in [9.17, 15) is 22.4 Å². The van der Waals surface area contributed by atoms with Crippen LogP contribution in [-0.4, -0.2) is 18.4 Å². The summed E-state index contributed by atoms with van der Waals surface area (Å²) < 4.78 is 50.4. The summed E-state index contributed by atoms with van der Waals surface area (Å²) in [6.45, 7) is 4.33. The van der Waals surface area contributed by atoms with Crippen LogP contribution in [0.15, 0.2) is 18.2 Å². The third kappa shape index (κ3) is 4.31. The van der Waals surface area contributed by atoms with Crippen LogP contribution >= 0.6 is 0 Å². The Hall–Kier alpha value is -1.43. The Morgan fingerprint density at radius 3 is 2.47 bits per heavy atom. The molecule has 0 spiro atoms. The van der Waals surface area contributed by atoms with E-state index < -0.39 is 17.6 Å². The first-order chi connectivity index (χ1) is 8.75. The van der Waals surface area contributed by atoms with Crippen molar-refractivity contribution in [1.82, 2.24) is 5.32 Å². The number of carbonyl (C=O) groups excluding carboxylic acids is 1. The maximum atomic E-state index is 13.3. The van der Waals surface area contributed by atoms with E-state index >= 15 is 0 Å². The first-order valence-electron chi connectivity index (χ1n) is 5.89. The zero-order valence-corrected chi connectivity index (χ0v) is 10.6. The Bertz CT molecular complexity index is 456. The van der Waals surface area contributed by atoms with Gasteiger partial charge in [0.05, 0.1) is 5.56 Å². The molecule has 1 N–H and O–H groups in total. The fraction of sp³-hybridized carbons (Fsp3) is 0.462. The lowest BCUT2D eigenvalue weighted by molar-refractivity contribution is -0.140. The fourth-order valence-electron chi connectivity index (χ4n) is 1.74. The zero-order chi connectivity index (χ0) is 14.6. The maximum absolute atomic E-state index is 13.3. The molecule has 1 aromatic rings. The predicted octanol–water partition coefficient (Wildman–Crippen LogP) is 3.42. The van der Waals surface area contributed by atoms with Gasteiger partial charge in [-0.25, -0.2) is 4.39 Å². The highest BCUT2D eigenvalue weighted by atomic mass is 19.4. The molecule has 0 aliphatic heterocycles. The minimum atomic E-state index is -4.75. The number of hydrogen-bond acceptors (Lipinski definition) is 2. The van der Waals surface area contributed by atoms with Crippen molar-refractivity contribution in [3.05, 3.63) is 35.1 Å². The number of ketones is 1. The number of hydrogen-bond donors (Lipinski definition) is 1. The molecule has 0 aromatic heterocycles. The van der Waals surface area contributed by atoms with Crippen LogP contribution in [0.3, 0.4) is 0 Å². The Balaban J connectivity index is 2.86. The second-order valence-electron chi connectivity index (χ2n) is 4.28. The first kappa shape index (κ1) is 15.6. The topological polar surface area (TPSA) is 29.1 Å². The van der Waals surface area contributed by atoms with E-state index in [2.05, 4.69) is 5.32 Å². The van der Waals surface area contributed by atoms with Gasteiger partial charge in [-0.05, 0) is 25.6 Å². The van der Waals surface area contributed by atoms with Gasteiger partial charge in [0.1, 0.15) is 5.82 Å². The summed E-state index contributed by atoms with van der Waals surface area (Å²) in [6, 6.07) is 2.14. The Morgan fingerprint density at radius 1 is 1.37 bits per heavy atom. The molecule has 19 heavy (non-hydrogen) atoms. The summed E-state index contributed by atoms with van der Waals surface area (Å²) in [5.41, 5.74) is -1.40. The highest BCUT2D eigenvalue weighted by Gasteiger charge is 2.34. The lowest BCUT2D eigenvalue weighted by Crippen LogP contribution is -2.28. The average Bonchev–Trinajstić information content (AvgIpc) is 2.27. The van der Waals surface area contributed by atoms with Crippen LogP contribution in [0, 0.1) is 5.82 Å². The number of alkyl halides is 3. The number of Topliss-reactive ketones (excluding diaryl/α,β-unsaturated/α-hetero) is 1. The summed E-state index contributed by atoms with van der Waals surface area (Å²) in [4.78, 5) is 11.8. The van der Waals surface area contributed by atoms with Crippen molar-refractivity contribution in [1.29, 1.82) is 0 Å². The van der Waals surface area contributed by atoms with E-state index in [0.717, 1.165) is 6.07 Å². The van der Waals surface area contributed by atoms with Gasteiger partial charge in [-0.15, -0.1) is 0 Å². The molecule has 0 aliphatic rings. The molecule has 0 amide bonds. The molecule has 6 heteroatoms. The molecule has 0 saturated carbocycles. The molecular weight excluding hydrogens is 262 g/mol. The summed E-state index contributed by atoms with van der Waals surface area (Å²) in [5.74, 6) is -1.81. The van der Waals surface area contributed by atoms with Gasteiger partial charge in [0.25, 0.3) is 0 Å². The van der Waals surface area contributed by atoms with E-state index in [-0.39, 0.29) is 23.8 Å². The number of rotatable bonds is 5. The minimum absolute atomic E-state index is 0.0461. The summed E-state index contributed by atoms with van der Waals surface area (Å²) in [5, 5.41) is 3.00. The quantitative estimate of drug-likeness (QED) is 0.660. The van der Waals surface area contributed by atoms with Crippen LogP contribution in [0.25, 0.3) is 0 Å². The van der Waals surface area contributed by atoms with E-state index in [1.807, 2.05) is 6.92 Å². The number of nitrogens with one attached hydrogen (secondary N) is 1. The van der Waals surface area contributed by atoms with Crippen LogP contribution in [0.2, 0.25) is 0 Å². The molecular formula is C13H15F4NO. The molecule has 1 aromatic carbocycles. The average molecular weight is 277 g/mol. The predicted molar refractivity (Wildman–Crippen MR) is 63.5 cm³/mol. The van der Waals surface area contributed by atoms with Gasteiger partial charge < -0.3 is 5.32 Å². The molecule has 106 valence electrons. The van der Waals surface area contributed by atoms with Crippen molar-refractivity contribution in [3.63, 3.8) is 0 Å². The molecule has 0 bridgehead atoms. The van der Waals surface area contributed by atoms with Gasteiger partial charge in [0, 0.05) is 18.0 Å². The Labute approximate surface area is 108 Å². The maximum Gasteiger partial charge on any atom is 0.419 e. The van der Waals surface area contributed by atoms with Gasteiger partial charge in [-0.1, -0.05) is 13.0 Å². The van der Waals surface area contributed by atoms with E-state index in [1.165, 1.54) is 0 Å². The first-order valence-corrected chi connectivity index (χ1v) is 5.89. The SMILES string of the molecule is CCNC(C)CC(=O)c1ccc(C(F)(F)F)c(F)c1. The van der Waals surface area contributed by atoms with Crippen molar-refractivity contribution in [2.24, 2.45) is 0 Å². The van der Waals surface area contributed by atoms with E-state index in [0.29, 0.717) is 18.7 Å². The standard InChI is InChI=1S/C13H15F4NO/c1-3-18-8(2)6-12(19)9-4-5-10(11(14)7-9)13(15,16)17/h4-5,7-8,18H,3,6H2,1-2H3. The highest BCUT2D eigenvalue weighted by molar-refractivity contribution is 5.96.